The van der Waals surface area contributed by atoms with E-state index in [0.29, 0.717) is 0 Å². The van der Waals surface area contributed by atoms with Crippen LogP contribution in [0.5, 0.6) is 0 Å². The molecule has 1 aromatic rings. The number of hydrogen-bond donors (Lipinski definition) is 2. The van der Waals surface area contributed by atoms with Crippen molar-refractivity contribution in [2.45, 2.75) is 6.04 Å². The first-order chi connectivity index (χ1) is 6.19. The molecule has 13 heavy (non-hydrogen) atoms. The van der Waals surface area contributed by atoms with E-state index in [1.54, 1.807) is 6.08 Å². The maximum Gasteiger partial charge on any atom is 0.0649 e. The van der Waals surface area contributed by atoms with Crippen LogP contribution < -0.4 is 11.3 Å². The maximum absolute atomic E-state index is 5.39. The van der Waals surface area contributed by atoms with E-state index in [0.717, 1.165) is 10.0 Å². The number of benzene rings is 1. The summed E-state index contributed by atoms with van der Waals surface area (Å²) in [5, 5.41) is 0. The van der Waals surface area contributed by atoms with Crippen molar-refractivity contribution in [3.05, 3.63) is 44.5 Å². The van der Waals surface area contributed by atoms with Crippen molar-refractivity contribution in [3.8, 4) is 0 Å². The fraction of sp³-hybridized carbons (Fsp3) is 0.111. The van der Waals surface area contributed by atoms with Crippen LogP contribution in [0.1, 0.15) is 11.6 Å². The second-order valence-corrected chi connectivity index (χ2v) is 4.65. The highest BCUT2D eigenvalue weighted by molar-refractivity contribution is 14.1. The Morgan fingerprint density at radius 3 is 2.85 bits per heavy atom. The summed E-state index contributed by atoms with van der Waals surface area (Å²) in [4.78, 5) is 0. The third-order valence-corrected chi connectivity index (χ3v) is 3.10. The molecular weight excluding hydrogens is 343 g/mol. The summed E-state index contributed by atoms with van der Waals surface area (Å²) in [7, 11) is 0. The van der Waals surface area contributed by atoms with Gasteiger partial charge in [0, 0.05) is 8.04 Å². The zero-order chi connectivity index (χ0) is 9.84. The number of rotatable bonds is 3. The third-order valence-electron chi connectivity index (χ3n) is 1.71. The van der Waals surface area contributed by atoms with Crippen molar-refractivity contribution in [2.75, 3.05) is 0 Å². The lowest BCUT2D eigenvalue weighted by atomic mass is 10.1. The summed E-state index contributed by atoms with van der Waals surface area (Å²) >= 11 is 5.73. The van der Waals surface area contributed by atoms with E-state index in [1.165, 1.54) is 3.57 Å². The molecule has 2 nitrogen and oxygen atoms in total. The van der Waals surface area contributed by atoms with Gasteiger partial charge in [-0.2, -0.15) is 0 Å². The lowest BCUT2D eigenvalue weighted by Crippen LogP contribution is -2.26. The van der Waals surface area contributed by atoms with Crippen LogP contribution >= 0.6 is 38.5 Å². The highest BCUT2D eigenvalue weighted by Gasteiger charge is 2.08. The van der Waals surface area contributed by atoms with Crippen molar-refractivity contribution >= 4 is 38.5 Å². The minimum absolute atomic E-state index is 0.0101. The molecule has 0 saturated heterocycles. The van der Waals surface area contributed by atoms with Crippen LogP contribution in [0, 0.1) is 3.57 Å². The van der Waals surface area contributed by atoms with Crippen LogP contribution in [0.15, 0.2) is 35.3 Å². The summed E-state index contributed by atoms with van der Waals surface area (Å²) in [6, 6.07) is 6.09. The molecule has 4 heteroatoms. The zero-order valence-electron chi connectivity index (χ0n) is 6.93. The van der Waals surface area contributed by atoms with Gasteiger partial charge < -0.3 is 0 Å². The second kappa shape index (κ2) is 5.09. The standard InChI is InChI=1S/C9H10BrIN2/c1-2-9(13-12)7-5-6(11)3-4-8(7)10/h2-5,9,13H,1,12H2. The fourth-order valence-corrected chi connectivity index (χ4v) is 2.05. The Hall–Kier alpha value is 0.0900. The largest absolute Gasteiger partial charge is 0.271 e. The molecule has 0 aromatic heterocycles. The van der Waals surface area contributed by atoms with Gasteiger partial charge in [-0.25, -0.2) is 5.43 Å². The molecule has 1 rings (SSSR count). The van der Waals surface area contributed by atoms with E-state index in [2.05, 4.69) is 56.6 Å². The molecule has 0 amide bonds. The molecule has 0 spiro atoms. The van der Waals surface area contributed by atoms with Crippen LogP contribution in [-0.2, 0) is 0 Å². The molecule has 3 N–H and O–H groups in total. The zero-order valence-corrected chi connectivity index (χ0v) is 10.7. The Bertz CT molecular complexity index is 314. The SMILES string of the molecule is C=CC(NN)c1cc(I)ccc1Br. The summed E-state index contributed by atoms with van der Waals surface area (Å²) in [5.74, 6) is 5.39. The van der Waals surface area contributed by atoms with Gasteiger partial charge in [0.25, 0.3) is 0 Å². The van der Waals surface area contributed by atoms with Crippen LogP contribution in [0.4, 0.5) is 0 Å². The Balaban J connectivity index is 3.10. The minimum atomic E-state index is -0.0101. The first kappa shape index (κ1) is 11.2. The first-order valence-corrected chi connectivity index (χ1v) is 5.60. The molecule has 1 aromatic carbocycles. The summed E-state index contributed by atoms with van der Waals surface area (Å²) in [5.41, 5.74) is 3.79. The lowest BCUT2D eigenvalue weighted by Gasteiger charge is -2.13. The van der Waals surface area contributed by atoms with E-state index < -0.39 is 0 Å². The summed E-state index contributed by atoms with van der Waals surface area (Å²) in [6.45, 7) is 3.71. The number of nitrogens with two attached hydrogens (primary N) is 1. The smallest absolute Gasteiger partial charge is 0.0649 e. The predicted octanol–water partition coefficient (Wildman–Crippen LogP) is 2.74. The Kier molecular flexibility index (Phi) is 4.37. The molecular formula is C9H10BrIN2. The second-order valence-electron chi connectivity index (χ2n) is 2.55. The lowest BCUT2D eigenvalue weighted by molar-refractivity contribution is 0.654. The quantitative estimate of drug-likeness (QED) is 0.380. The topological polar surface area (TPSA) is 38.0 Å². The predicted molar refractivity (Wildman–Crippen MR) is 67.1 cm³/mol. The number of hydrazine groups is 1. The number of nitrogens with one attached hydrogen (secondary N) is 1. The Morgan fingerprint density at radius 1 is 1.62 bits per heavy atom. The minimum Gasteiger partial charge on any atom is -0.271 e. The molecule has 0 bridgehead atoms. The van der Waals surface area contributed by atoms with Crippen molar-refractivity contribution in [1.82, 2.24) is 5.43 Å². The van der Waals surface area contributed by atoms with Crippen molar-refractivity contribution < 1.29 is 0 Å². The van der Waals surface area contributed by atoms with Crippen LogP contribution in [0.2, 0.25) is 0 Å². The van der Waals surface area contributed by atoms with Gasteiger partial charge in [0.15, 0.2) is 0 Å². The highest BCUT2D eigenvalue weighted by Crippen LogP contribution is 2.25. The molecule has 0 aliphatic heterocycles. The monoisotopic (exact) mass is 352 g/mol. The van der Waals surface area contributed by atoms with Crippen molar-refractivity contribution in [1.29, 1.82) is 0 Å². The average Bonchev–Trinajstić information content (AvgIpc) is 2.13. The first-order valence-electron chi connectivity index (χ1n) is 3.72. The van der Waals surface area contributed by atoms with E-state index in [4.69, 9.17) is 5.84 Å². The molecule has 0 saturated carbocycles. The highest BCUT2D eigenvalue weighted by atomic mass is 127. The molecule has 0 aliphatic carbocycles. The van der Waals surface area contributed by atoms with Crippen molar-refractivity contribution in [2.24, 2.45) is 5.84 Å². The molecule has 0 heterocycles. The Labute approximate surface area is 99.8 Å². The fourth-order valence-electron chi connectivity index (χ4n) is 1.04. The van der Waals surface area contributed by atoms with Crippen LogP contribution in [0.3, 0.4) is 0 Å². The van der Waals surface area contributed by atoms with Gasteiger partial charge >= 0.3 is 0 Å². The van der Waals surface area contributed by atoms with Crippen LogP contribution in [-0.4, -0.2) is 0 Å². The molecule has 0 aliphatic rings. The summed E-state index contributed by atoms with van der Waals surface area (Å²) < 4.78 is 2.22. The normalized spacial score (nSPS) is 12.5. The molecule has 70 valence electrons. The van der Waals surface area contributed by atoms with Gasteiger partial charge in [-0.3, -0.25) is 5.84 Å². The van der Waals surface area contributed by atoms with Crippen LogP contribution in [0.25, 0.3) is 0 Å². The maximum atomic E-state index is 5.39. The van der Waals surface area contributed by atoms with E-state index in [-0.39, 0.29) is 6.04 Å². The number of hydrogen-bond acceptors (Lipinski definition) is 2. The van der Waals surface area contributed by atoms with Gasteiger partial charge in [-0.05, 0) is 46.4 Å². The average molecular weight is 353 g/mol. The molecule has 1 unspecified atom stereocenters. The van der Waals surface area contributed by atoms with E-state index >= 15 is 0 Å². The third kappa shape index (κ3) is 2.77. The van der Waals surface area contributed by atoms with E-state index in [1.807, 2.05) is 12.1 Å². The molecule has 0 fully saturated rings. The van der Waals surface area contributed by atoms with Crippen molar-refractivity contribution in [3.63, 3.8) is 0 Å². The van der Waals surface area contributed by atoms with Gasteiger partial charge in [-0.1, -0.05) is 22.0 Å². The molecule has 1 atom stereocenters. The van der Waals surface area contributed by atoms with Gasteiger partial charge in [0.05, 0.1) is 6.04 Å². The summed E-state index contributed by atoms with van der Waals surface area (Å²) in [6.07, 6.45) is 1.77. The van der Waals surface area contributed by atoms with Gasteiger partial charge in [0.1, 0.15) is 0 Å². The molecule has 0 radical (unpaired) electrons. The Morgan fingerprint density at radius 2 is 2.31 bits per heavy atom. The van der Waals surface area contributed by atoms with Gasteiger partial charge in [0.2, 0.25) is 0 Å². The van der Waals surface area contributed by atoms with E-state index in [9.17, 15) is 0 Å². The van der Waals surface area contributed by atoms with Gasteiger partial charge in [-0.15, -0.1) is 6.58 Å². The number of halogens is 2.